The fraction of sp³-hybridized carbons (Fsp3) is 0.292. The van der Waals surface area contributed by atoms with Crippen molar-refractivity contribution in [1.29, 1.82) is 0 Å². The van der Waals surface area contributed by atoms with Crippen LogP contribution in [-0.4, -0.2) is 45.2 Å². The Hall–Kier alpha value is -3.45. The van der Waals surface area contributed by atoms with Crippen LogP contribution in [0.1, 0.15) is 16.7 Å². The number of nitrogens with one attached hydrogen (secondary N) is 2. The van der Waals surface area contributed by atoms with E-state index in [0.29, 0.717) is 12.1 Å². The van der Waals surface area contributed by atoms with Crippen LogP contribution in [-0.2, 0) is 24.3 Å². The average Bonchev–Trinajstić information content (AvgIpc) is 3.14. The number of fused-ring (bicyclic) bond motifs is 4. The lowest BCUT2D eigenvalue weighted by atomic mass is 10.00. The fourth-order valence-electron chi connectivity index (χ4n) is 4.34. The number of carbonyl (C=O) groups is 1. The highest BCUT2D eigenvalue weighted by Gasteiger charge is 2.16. The van der Waals surface area contributed by atoms with Crippen LogP contribution in [0.2, 0.25) is 0 Å². The van der Waals surface area contributed by atoms with E-state index in [4.69, 9.17) is 0 Å². The Morgan fingerprint density at radius 1 is 1.16 bits per heavy atom. The average molecular weight is 415 g/mol. The largest absolute Gasteiger partial charge is 0.353 e. The summed E-state index contributed by atoms with van der Waals surface area (Å²) in [6.45, 7) is 5.15. The van der Waals surface area contributed by atoms with E-state index in [1.54, 1.807) is 6.20 Å². The zero-order chi connectivity index (χ0) is 21.4. The van der Waals surface area contributed by atoms with E-state index in [9.17, 15) is 9.59 Å². The minimum atomic E-state index is -0.283. The summed E-state index contributed by atoms with van der Waals surface area (Å²) < 4.78 is 1.22. The normalized spacial score (nSPS) is 14.1. The molecule has 3 heterocycles. The van der Waals surface area contributed by atoms with Crippen LogP contribution in [0.4, 0.5) is 0 Å². The van der Waals surface area contributed by atoms with Gasteiger partial charge in [0.05, 0.1) is 6.20 Å². The molecular formula is C24H25N5O2. The SMILES string of the molecule is Cc1ccc2[nH]c3c(=O)n(CC(=O)NCCN4CCc5ccccc5C4)ncc3c2c1. The Kier molecular flexibility index (Phi) is 5.03. The van der Waals surface area contributed by atoms with E-state index >= 15 is 0 Å². The molecule has 31 heavy (non-hydrogen) atoms. The number of hydrogen-bond donors (Lipinski definition) is 2. The van der Waals surface area contributed by atoms with Gasteiger partial charge >= 0.3 is 0 Å². The van der Waals surface area contributed by atoms with Crippen molar-refractivity contribution in [2.45, 2.75) is 26.4 Å². The van der Waals surface area contributed by atoms with Crippen molar-refractivity contribution in [3.63, 3.8) is 0 Å². The van der Waals surface area contributed by atoms with Gasteiger partial charge in [0.25, 0.3) is 5.56 Å². The third kappa shape index (κ3) is 3.84. The predicted octanol–water partition coefficient (Wildman–Crippen LogP) is 2.36. The van der Waals surface area contributed by atoms with Crippen molar-refractivity contribution in [2.75, 3.05) is 19.6 Å². The first-order valence-electron chi connectivity index (χ1n) is 10.6. The van der Waals surface area contributed by atoms with E-state index in [1.807, 2.05) is 25.1 Å². The first-order chi connectivity index (χ1) is 15.1. The highest BCUT2D eigenvalue weighted by molar-refractivity contribution is 6.06. The summed E-state index contributed by atoms with van der Waals surface area (Å²) >= 11 is 0. The van der Waals surface area contributed by atoms with Crippen molar-refractivity contribution < 1.29 is 4.79 Å². The van der Waals surface area contributed by atoms with Gasteiger partial charge in [0.15, 0.2) is 0 Å². The van der Waals surface area contributed by atoms with E-state index in [0.717, 1.165) is 47.9 Å². The van der Waals surface area contributed by atoms with Crippen LogP contribution < -0.4 is 10.9 Å². The number of aromatic nitrogens is 3. The number of aryl methyl sites for hydroxylation is 1. The predicted molar refractivity (Wildman–Crippen MR) is 121 cm³/mol. The number of amides is 1. The lowest BCUT2D eigenvalue weighted by Gasteiger charge is -2.28. The smallest absolute Gasteiger partial charge is 0.291 e. The van der Waals surface area contributed by atoms with Crippen molar-refractivity contribution >= 4 is 27.7 Å². The minimum absolute atomic E-state index is 0.0913. The molecule has 2 aromatic heterocycles. The Morgan fingerprint density at radius 3 is 2.87 bits per heavy atom. The van der Waals surface area contributed by atoms with Crippen LogP contribution in [0.3, 0.4) is 0 Å². The molecule has 1 aliphatic rings. The van der Waals surface area contributed by atoms with Crippen molar-refractivity contribution in [3.05, 3.63) is 75.7 Å². The molecule has 0 radical (unpaired) electrons. The maximum Gasteiger partial charge on any atom is 0.291 e. The Labute approximate surface area is 179 Å². The molecule has 7 heteroatoms. The molecule has 1 aliphatic heterocycles. The quantitative estimate of drug-likeness (QED) is 0.524. The first kappa shape index (κ1) is 19.5. The molecule has 7 nitrogen and oxygen atoms in total. The zero-order valence-corrected chi connectivity index (χ0v) is 17.5. The summed E-state index contributed by atoms with van der Waals surface area (Å²) in [5.74, 6) is -0.210. The molecule has 2 aromatic carbocycles. The molecule has 0 aliphatic carbocycles. The van der Waals surface area contributed by atoms with Gasteiger partial charge in [-0.1, -0.05) is 35.9 Å². The maximum absolute atomic E-state index is 12.8. The monoisotopic (exact) mass is 415 g/mol. The number of rotatable bonds is 5. The first-order valence-corrected chi connectivity index (χ1v) is 10.6. The molecule has 1 amide bonds. The third-order valence-electron chi connectivity index (χ3n) is 6.02. The molecule has 0 atom stereocenters. The summed E-state index contributed by atoms with van der Waals surface area (Å²) in [6, 6.07) is 14.5. The molecule has 2 N–H and O–H groups in total. The van der Waals surface area contributed by atoms with Crippen molar-refractivity contribution in [3.8, 4) is 0 Å². The maximum atomic E-state index is 12.8. The molecule has 0 unspecified atom stereocenters. The van der Waals surface area contributed by atoms with E-state index in [2.05, 4.69) is 44.6 Å². The minimum Gasteiger partial charge on any atom is -0.353 e. The van der Waals surface area contributed by atoms with Gasteiger partial charge in [0, 0.05) is 42.5 Å². The summed E-state index contributed by atoms with van der Waals surface area (Å²) in [4.78, 5) is 30.8. The molecule has 158 valence electrons. The second-order valence-electron chi connectivity index (χ2n) is 8.21. The van der Waals surface area contributed by atoms with Crippen LogP contribution in [0.25, 0.3) is 21.8 Å². The molecule has 0 bridgehead atoms. The van der Waals surface area contributed by atoms with Crippen molar-refractivity contribution in [1.82, 2.24) is 25.0 Å². The number of hydrogen-bond acceptors (Lipinski definition) is 4. The van der Waals surface area contributed by atoms with E-state index < -0.39 is 0 Å². The van der Waals surface area contributed by atoms with Gasteiger partial charge in [0.2, 0.25) is 5.91 Å². The van der Waals surface area contributed by atoms with E-state index in [1.165, 1.54) is 15.8 Å². The summed E-state index contributed by atoms with van der Waals surface area (Å²) in [5.41, 5.74) is 4.98. The van der Waals surface area contributed by atoms with Crippen molar-refractivity contribution in [2.24, 2.45) is 0 Å². The highest BCUT2D eigenvalue weighted by atomic mass is 16.2. The second-order valence-corrected chi connectivity index (χ2v) is 8.21. The number of aromatic amines is 1. The van der Waals surface area contributed by atoms with Gasteiger partial charge in [-0.25, -0.2) is 4.68 Å². The van der Waals surface area contributed by atoms with Gasteiger partial charge in [-0.2, -0.15) is 5.10 Å². The van der Waals surface area contributed by atoms with Gasteiger partial charge in [-0.05, 0) is 36.6 Å². The van der Waals surface area contributed by atoms with E-state index in [-0.39, 0.29) is 18.0 Å². The summed E-state index contributed by atoms with van der Waals surface area (Å²) in [7, 11) is 0. The summed E-state index contributed by atoms with van der Waals surface area (Å²) in [5, 5.41) is 8.91. The van der Waals surface area contributed by atoms with Gasteiger partial charge < -0.3 is 10.3 Å². The number of nitrogens with zero attached hydrogens (tertiary/aromatic N) is 3. The number of H-pyrrole nitrogens is 1. The number of benzene rings is 2. The van der Waals surface area contributed by atoms with Crippen LogP contribution in [0, 0.1) is 6.92 Å². The third-order valence-corrected chi connectivity index (χ3v) is 6.02. The highest BCUT2D eigenvalue weighted by Crippen LogP contribution is 2.23. The van der Waals surface area contributed by atoms with Crippen LogP contribution >= 0.6 is 0 Å². The lowest BCUT2D eigenvalue weighted by molar-refractivity contribution is -0.121. The van der Waals surface area contributed by atoms with Crippen LogP contribution in [0.5, 0.6) is 0 Å². The van der Waals surface area contributed by atoms with Gasteiger partial charge in [-0.3, -0.25) is 14.5 Å². The molecule has 0 saturated carbocycles. The zero-order valence-electron chi connectivity index (χ0n) is 17.5. The van der Waals surface area contributed by atoms with Gasteiger partial charge in [0.1, 0.15) is 12.1 Å². The Bertz CT molecular complexity index is 1340. The van der Waals surface area contributed by atoms with Gasteiger partial charge in [-0.15, -0.1) is 0 Å². The lowest BCUT2D eigenvalue weighted by Crippen LogP contribution is -2.40. The fourth-order valence-corrected chi connectivity index (χ4v) is 4.34. The van der Waals surface area contributed by atoms with Crippen LogP contribution in [0.15, 0.2) is 53.5 Å². The summed E-state index contributed by atoms with van der Waals surface area (Å²) in [6.07, 6.45) is 2.70. The molecule has 0 fully saturated rings. The molecule has 0 saturated heterocycles. The Balaban J connectivity index is 1.22. The second kappa shape index (κ2) is 8.00. The molecular weight excluding hydrogens is 390 g/mol. The molecule has 4 aromatic rings. The molecule has 0 spiro atoms. The topological polar surface area (TPSA) is 83.0 Å². The molecule has 5 rings (SSSR count). The number of carbonyl (C=O) groups excluding carboxylic acids is 1. The standard InChI is InChI=1S/C24H25N5O2/c1-16-6-7-21-19(12-16)20-13-26-29(24(31)23(20)27-21)15-22(30)25-9-11-28-10-8-17-4-2-3-5-18(17)14-28/h2-7,12-13,27H,8-11,14-15H2,1H3,(H,25,30). The Morgan fingerprint density at radius 2 is 2.00 bits per heavy atom.